The van der Waals surface area contributed by atoms with Crippen molar-refractivity contribution < 1.29 is 44.0 Å². The Hall–Kier alpha value is -1.92. The van der Waals surface area contributed by atoms with Crippen molar-refractivity contribution in [2.24, 2.45) is 17.4 Å². The monoisotopic (exact) mass is 364 g/mol. The summed E-state index contributed by atoms with van der Waals surface area (Å²) in [6, 6.07) is -2.35. The summed E-state index contributed by atoms with van der Waals surface area (Å²) < 4.78 is 8.89. The molecule has 0 heterocycles. The number of carbonyl (C=O) groups is 4. The highest BCUT2D eigenvalue weighted by Crippen LogP contribution is 2.10. The van der Waals surface area contributed by atoms with Crippen molar-refractivity contribution in [1.29, 1.82) is 0 Å². The van der Waals surface area contributed by atoms with Crippen LogP contribution in [-0.2, 0) is 28.7 Å². The minimum absolute atomic E-state index is 0.0755. The van der Waals surface area contributed by atoms with Gasteiger partial charge in [0.1, 0.15) is 12.1 Å². The quantitative estimate of drug-likeness (QED) is 0.184. The summed E-state index contributed by atoms with van der Waals surface area (Å²) in [6.45, 7) is -1.42. The predicted molar refractivity (Wildman–Crippen MR) is 81.4 cm³/mol. The Morgan fingerprint density at radius 1 is 0.760 bits per heavy atom. The minimum atomic E-state index is -1.20. The van der Waals surface area contributed by atoms with Crippen LogP contribution in [0.3, 0.4) is 0 Å². The summed E-state index contributed by atoms with van der Waals surface area (Å²) in [5.41, 5.74) is 10.7. The Morgan fingerprint density at radius 3 is 1.68 bits per heavy atom. The van der Waals surface area contributed by atoms with Gasteiger partial charge in [0, 0.05) is 19.6 Å². The van der Waals surface area contributed by atoms with E-state index in [4.69, 9.17) is 26.8 Å². The van der Waals surface area contributed by atoms with Crippen LogP contribution in [0.2, 0.25) is 0 Å². The summed E-state index contributed by atoms with van der Waals surface area (Å²) in [5, 5.41) is 26.4. The van der Waals surface area contributed by atoms with Crippen LogP contribution in [0.15, 0.2) is 0 Å². The van der Waals surface area contributed by atoms with Crippen molar-refractivity contribution in [2.45, 2.75) is 37.8 Å². The van der Waals surface area contributed by atoms with Crippen LogP contribution in [0.1, 0.15) is 25.7 Å². The van der Waals surface area contributed by atoms with Crippen LogP contribution >= 0.6 is 0 Å². The number of aliphatic hydroxyl groups is 3. The van der Waals surface area contributed by atoms with E-state index in [9.17, 15) is 19.2 Å². The molecule has 0 bridgehead atoms. The van der Waals surface area contributed by atoms with Gasteiger partial charge in [-0.25, -0.2) is 9.59 Å². The number of esters is 4. The molecule has 3 atom stereocenters. The van der Waals surface area contributed by atoms with E-state index in [2.05, 4.69) is 9.47 Å². The molecule has 0 aliphatic heterocycles. The zero-order chi connectivity index (χ0) is 19.4. The number of nitrogens with two attached hydrogens (primary N) is 2. The summed E-state index contributed by atoms with van der Waals surface area (Å²) in [7, 11) is 0. The standard InChI is InChI=1S/C14H24N2O9/c15-9(3-5-17)13(22)24-11(20)2-1-8(7-19)12(21)25-14(23)10(16)4-6-18/h8-10,17-19H,1-7,15-16H2/t8?,9-,10-/m0/s1. The Morgan fingerprint density at radius 2 is 1.24 bits per heavy atom. The molecule has 0 fully saturated rings. The second-order valence-corrected chi connectivity index (χ2v) is 5.19. The van der Waals surface area contributed by atoms with Gasteiger partial charge in [0.25, 0.3) is 0 Å². The Balaban J connectivity index is 4.39. The maximum absolute atomic E-state index is 11.7. The van der Waals surface area contributed by atoms with Gasteiger partial charge in [-0.2, -0.15) is 0 Å². The molecular weight excluding hydrogens is 340 g/mol. The lowest BCUT2D eigenvalue weighted by Crippen LogP contribution is -2.37. The average Bonchev–Trinajstić information content (AvgIpc) is 2.55. The third-order valence-corrected chi connectivity index (χ3v) is 3.15. The van der Waals surface area contributed by atoms with Crippen molar-refractivity contribution in [1.82, 2.24) is 0 Å². The van der Waals surface area contributed by atoms with Gasteiger partial charge in [-0.15, -0.1) is 0 Å². The number of hydrogen-bond donors (Lipinski definition) is 5. The van der Waals surface area contributed by atoms with Gasteiger partial charge in [0.2, 0.25) is 0 Å². The van der Waals surface area contributed by atoms with Gasteiger partial charge in [-0.1, -0.05) is 0 Å². The van der Waals surface area contributed by atoms with Gasteiger partial charge in [-0.05, 0) is 19.3 Å². The average molecular weight is 364 g/mol. The molecule has 144 valence electrons. The van der Waals surface area contributed by atoms with Crippen LogP contribution in [0.25, 0.3) is 0 Å². The second-order valence-electron chi connectivity index (χ2n) is 5.19. The second kappa shape index (κ2) is 12.4. The molecule has 0 rings (SSSR count). The van der Waals surface area contributed by atoms with E-state index in [0.29, 0.717) is 0 Å². The van der Waals surface area contributed by atoms with E-state index in [1.54, 1.807) is 0 Å². The number of hydrogen-bond acceptors (Lipinski definition) is 11. The molecular formula is C14H24N2O9. The van der Waals surface area contributed by atoms with Crippen LogP contribution in [0.4, 0.5) is 0 Å². The summed E-state index contributed by atoms with van der Waals surface area (Å²) >= 11 is 0. The largest absolute Gasteiger partial charge is 0.396 e. The molecule has 0 spiro atoms. The molecule has 11 nitrogen and oxygen atoms in total. The van der Waals surface area contributed by atoms with E-state index in [-0.39, 0.29) is 32.5 Å². The van der Waals surface area contributed by atoms with Crippen LogP contribution in [0.5, 0.6) is 0 Å². The van der Waals surface area contributed by atoms with Gasteiger partial charge in [0.15, 0.2) is 0 Å². The first-order chi connectivity index (χ1) is 11.8. The summed E-state index contributed by atoms with van der Waals surface area (Å²) in [5.74, 6) is -5.35. The van der Waals surface area contributed by atoms with Gasteiger partial charge in [0.05, 0.1) is 12.5 Å². The van der Waals surface area contributed by atoms with Crippen molar-refractivity contribution in [3.05, 3.63) is 0 Å². The first-order valence-electron chi connectivity index (χ1n) is 7.60. The molecule has 0 aromatic carbocycles. The third kappa shape index (κ3) is 9.22. The van der Waals surface area contributed by atoms with Crippen molar-refractivity contribution in [3.63, 3.8) is 0 Å². The maximum atomic E-state index is 11.7. The highest BCUT2D eigenvalue weighted by atomic mass is 16.6. The number of aliphatic hydroxyl groups excluding tert-OH is 3. The molecule has 0 radical (unpaired) electrons. The van der Waals surface area contributed by atoms with E-state index >= 15 is 0 Å². The third-order valence-electron chi connectivity index (χ3n) is 3.15. The fourth-order valence-electron chi connectivity index (χ4n) is 1.59. The van der Waals surface area contributed by atoms with Gasteiger partial charge >= 0.3 is 23.9 Å². The van der Waals surface area contributed by atoms with Crippen LogP contribution < -0.4 is 11.5 Å². The predicted octanol–water partition coefficient (Wildman–Crippen LogP) is -3.07. The fourth-order valence-corrected chi connectivity index (χ4v) is 1.59. The zero-order valence-electron chi connectivity index (χ0n) is 13.6. The van der Waals surface area contributed by atoms with Crippen LogP contribution in [-0.4, -0.2) is 71.1 Å². The van der Waals surface area contributed by atoms with E-state index < -0.39 is 54.9 Å². The van der Waals surface area contributed by atoms with Crippen molar-refractivity contribution >= 4 is 23.9 Å². The Labute approximate surface area is 143 Å². The minimum Gasteiger partial charge on any atom is -0.396 e. The molecule has 0 amide bonds. The number of rotatable bonds is 11. The first kappa shape index (κ1) is 23.1. The zero-order valence-corrected chi connectivity index (χ0v) is 13.6. The number of ether oxygens (including phenoxy) is 2. The normalized spacial score (nSPS) is 14.3. The molecule has 11 heteroatoms. The van der Waals surface area contributed by atoms with Gasteiger partial charge in [-0.3, -0.25) is 9.59 Å². The smallest absolute Gasteiger partial charge is 0.330 e. The lowest BCUT2D eigenvalue weighted by atomic mass is 10.0. The molecule has 7 N–H and O–H groups in total. The molecule has 0 aliphatic carbocycles. The Kier molecular flexibility index (Phi) is 11.5. The first-order valence-corrected chi connectivity index (χ1v) is 7.60. The SMILES string of the molecule is N[C@@H](CCO)C(=O)OC(=O)CCC(CO)C(=O)OC(=O)[C@@H](N)CCO. The molecule has 0 aromatic heterocycles. The van der Waals surface area contributed by atoms with Gasteiger partial charge < -0.3 is 36.3 Å². The van der Waals surface area contributed by atoms with E-state index in [0.717, 1.165) is 0 Å². The van der Waals surface area contributed by atoms with Crippen molar-refractivity contribution in [2.75, 3.05) is 19.8 Å². The maximum Gasteiger partial charge on any atom is 0.330 e. The molecule has 0 saturated heterocycles. The lowest BCUT2D eigenvalue weighted by molar-refractivity contribution is -0.164. The topological polar surface area (TPSA) is 199 Å². The van der Waals surface area contributed by atoms with Crippen molar-refractivity contribution in [3.8, 4) is 0 Å². The molecule has 0 saturated carbocycles. The van der Waals surface area contributed by atoms with Crippen LogP contribution in [0, 0.1) is 5.92 Å². The Bertz CT molecular complexity index is 469. The summed E-state index contributed by atoms with van der Waals surface area (Å²) in [4.78, 5) is 46.1. The fraction of sp³-hybridized carbons (Fsp3) is 0.714. The highest BCUT2D eigenvalue weighted by Gasteiger charge is 2.26. The number of carbonyl (C=O) groups excluding carboxylic acids is 4. The lowest BCUT2D eigenvalue weighted by Gasteiger charge is -2.14. The van der Waals surface area contributed by atoms with E-state index in [1.165, 1.54) is 0 Å². The summed E-state index contributed by atoms with van der Waals surface area (Å²) in [6.07, 6.45) is -0.819. The molecule has 0 aromatic rings. The molecule has 1 unspecified atom stereocenters. The molecule has 0 aliphatic rings. The molecule has 25 heavy (non-hydrogen) atoms. The highest BCUT2D eigenvalue weighted by molar-refractivity contribution is 5.90. The van der Waals surface area contributed by atoms with E-state index in [1.807, 2.05) is 0 Å².